The lowest BCUT2D eigenvalue weighted by Gasteiger charge is -2.37. The van der Waals surface area contributed by atoms with Gasteiger partial charge in [0.2, 0.25) is 0 Å². The second-order valence-electron chi connectivity index (χ2n) is 14.6. The summed E-state index contributed by atoms with van der Waals surface area (Å²) in [6, 6.07) is 0. The molecule has 0 aromatic heterocycles. The van der Waals surface area contributed by atoms with E-state index in [1.54, 1.807) is 0 Å². The molecule has 0 aromatic carbocycles. The van der Waals surface area contributed by atoms with Gasteiger partial charge in [0.1, 0.15) is 0 Å². The highest BCUT2D eigenvalue weighted by Gasteiger charge is 2.37. The quantitative estimate of drug-likeness (QED) is 0.0637. The van der Waals surface area contributed by atoms with Crippen LogP contribution < -0.4 is 0 Å². The van der Waals surface area contributed by atoms with E-state index in [4.69, 9.17) is 4.43 Å². The van der Waals surface area contributed by atoms with Gasteiger partial charge in [-0.3, -0.25) is 4.90 Å². The third-order valence-electron chi connectivity index (χ3n) is 9.40. The van der Waals surface area contributed by atoms with Gasteiger partial charge in [0.05, 0.1) is 12.2 Å². The van der Waals surface area contributed by atoms with Crippen molar-refractivity contribution in [3.63, 3.8) is 0 Å². The molecule has 248 valence electrons. The fourth-order valence-corrected chi connectivity index (χ4v) is 6.45. The van der Waals surface area contributed by atoms with Crippen molar-refractivity contribution in [2.24, 2.45) is 0 Å². The van der Waals surface area contributed by atoms with E-state index in [2.05, 4.69) is 52.6 Å². The van der Waals surface area contributed by atoms with Gasteiger partial charge < -0.3 is 14.6 Å². The number of aliphatic hydroxyl groups is 2. The normalized spacial score (nSPS) is 14.2. The van der Waals surface area contributed by atoms with Crippen LogP contribution in [0.3, 0.4) is 0 Å². The van der Waals surface area contributed by atoms with Crippen LogP contribution in [-0.2, 0) is 4.43 Å². The van der Waals surface area contributed by atoms with Crippen molar-refractivity contribution >= 4 is 8.32 Å². The van der Waals surface area contributed by atoms with Gasteiger partial charge in [-0.1, -0.05) is 163 Å². The van der Waals surface area contributed by atoms with E-state index in [-0.39, 0.29) is 17.2 Å². The zero-order valence-corrected chi connectivity index (χ0v) is 30.3. The van der Waals surface area contributed by atoms with Crippen molar-refractivity contribution in [3.05, 3.63) is 0 Å². The Labute approximate surface area is 259 Å². The van der Waals surface area contributed by atoms with Crippen molar-refractivity contribution in [1.29, 1.82) is 0 Å². The van der Waals surface area contributed by atoms with E-state index < -0.39 is 8.32 Å². The fourth-order valence-electron chi connectivity index (χ4n) is 5.42. The summed E-state index contributed by atoms with van der Waals surface area (Å²) in [6.07, 6.45) is 27.5. The molecule has 0 amide bonds. The second-order valence-corrected chi connectivity index (χ2v) is 19.4. The third-order valence-corrected chi connectivity index (χ3v) is 13.9. The number of hydrogen-bond acceptors (Lipinski definition) is 4. The van der Waals surface area contributed by atoms with Crippen LogP contribution in [0.15, 0.2) is 0 Å². The lowest BCUT2D eigenvalue weighted by Crippen LogP contribution is -2.45. The summed E-state index contributed by atoms with van der Waals surface area (Å²) >= 11 is 0. The molecule has 0 fully saturated rings. The summed E-state index contributed by atoms with van der Waals surface area (Å²) < 4.78 is 6.46. The van der Waals surface area contributed by atoms with Crippen molar-refractivity contribution in [2.45, 2.75) is 206 Å². The number of hydrogen-bond donors (Lipinski definition) is 2. The first-order valence-electron chi connectivity index (χ1n) is 18.3. The molecule has 4 nitrogen and oxygen atoms in total. The highest BCUT2D eigenvalue weighted by atomic mass is 28.4. The van der Waals surface area contributed by atoms with Gasteiger partial charge in [-0.05, 0) is 31.0 Å². The molecule has 0 aliphatic heterocycles. The molecule has 0 saturated heterocycles. The zero-order valence-electron chi connectivity index (χ0n) is 29.3. The summed E-state index contributed by atoms with van der Waals surface area (Å²) in [5, 5.41) is 21.9. The van der Waals surface area contributed by atoms with Crippen LogP contribution in [0, 0.1) is 0 Å². The number of aliphatic hydroxyl groups excluding tert-OH is 2. The Hall–Kier alpha value is 0.0569. The van der Waals surface area contributed by atoms with Crippen LogP contribution in [-0.4, -0.2) is 61.9 Å². The Morgan fingerprint density at radius 1 is 0.561 bits per heavy atom. The fraction of sp³-hybridized carbons (Fsp3) is 1.00. The largest absolute Gasteiger partial charge is 0.416 e. The highest BCUT2D eigenvalue weighted by molar-refractivity contribution is 6.74. The predicted octanol–water partition coefficient (Wildman–Crippen LogP) is 10.7. The maximum absolute atomic E-state index is 10.9. The maximum Gasteiger partial charge on any atom is 0.192 e. The molecule has 0 aromatic rings. The van der Waals surface area contributed by atoms with Crippen LogP contribution in [0.4, 0.5) is 0 Å². The second kappa shape index (κ2) is 26.5. The summed E-state index contributed by atoms with van der Waals surface area (Å²) in [7, 11) is -1.80. The van der Waals surface area contributed by atoms with E-state index in [1.807, 2.05) is 0 Å². The lowest BCUT2D eigenvalue weighted by atomic mass is 10.0. The minimum absolute atomic E-state index is 0.196. The Morgan fingerprint density at radius 2 is 0.878 bits per heavy atom. The van der Waals surface area contributed by atoms with Crippen molar-refractivity contribution in [2.75, 3.05) is 26.2 Å². The SMILES string of the molecule is CCCCCCCCCCCCC(O)CN(CCO[Si](C)(C)C(C)(C)C)CC(O)CCCCCCCCCCCC. The minimum atomic E-state index is -1.80. The van der Waals surface area contributed by atoms with E-state index in [9.17, 15) is 10.2 Å². The molecule has 0 saturated carbocycles. The summed E-state index contributed by atoms with van der Waals surface area (Å²) in [5.41, 5.74) is 0. The van der Waals surface area contributed by atoms with Crippen LogP contribution >= 0.6 is 0 Å². The van der Waals surface area contributed by atoms with Crippen LogP contribution in [0.2, 0.25) is 18.1 Å². The maximum atomic E-state index is 10.9. The molecule has 0 heterocycles. The Morgan fingerprint density at radius 3 is 1.20 bits per heavy atom. The Kier molecular flexibility index (Phi) is 26.5. The van der Waals surface area contributed by atoms with Crippen LogP contribution in [0.1, 0.15) is 176 Å². The lowest BCUT2D eigenvalue weighted by molar-refractivity contribution is 0.0527. The predicted molar refractivity (Wildman–Crippen MR) is 185 cm³/mol. The summed E-state index contributed by atoms with van der Waals surface area (Å²) in [4.78, 5) is 2.27. The van der Waals surface area contributed by atoms with Gasteiger partial charge in [0.15, 0.2) is 8.32 Å². The molecule has 0 bridgehead atoms. The van der Waals surface area contributed by atoms with E-state index in [0.717, 1.165) is 32.2 Å². The third kappa shape index (κ3) is 25.1. The molecule has 2 atom stereocenters. The minimum Gasteiger partial charge on any atom is -0.416 e. The summed E-state index contributed by atoms with van der Waals surface area (Å²) in [6.45, 7) is 18.8. The Bertz CT molecular complexity index is 519. The first-order chi connectivity index (χ1) is 19.5. The van der Waals surface area contributed by atoms with Gasteiger partial charge in [-0.2, -0.15) is 0 Å². The highest BCUT2D eigenvalue weighted by Crippen LogP contribution is 2.36. The van der Waals surface area contributed by atoms with E-state index >= 15 is 0 Å². The van der Waals surface area contributed by atoms with Crippen LogP contribution in [0.25, 0.3) is 0 Å². The molecule has 5 heteroatoms. The Balaban J connectivity index is 4.37. The molecule has 2 N–H and O–H groups in total. The van der Waals surface area contributed by atoms with Crippen molar-refractivity contribution < 1.29 is 14.6 Å². The number of unbranched alkanes of at least 4 members (excludes halogenated alkanes) is 18. The average molecular weight is 600 g/mol. The van der Waals surface area contributed by atoms with Gasteiger partial charge in [0.25, 0.3) is 0 Å². The smallest absolute Gasteiger partial charge is 0.192 e. The van der Waals surface area contributed by atoms with E-state index in [1.165, 1.54) is 116 Å². The van der Waals surface area contributed by atoms with Crippen molar-refractivity contribution in [1.82, 2.24) is 4.90 Å². The molecule has 2 unspecified atom stereocenters. The molecule has 0 aliphatic carbocycles. The summed E-state index contributed by atoms with van der Waals surface area (Å²) in [5.74, 6) is 0. The monoisotopic (exact) mass is 600 g/mol. The standard InChI is InChI=1S/C36H77NO3Si/c1-8-10-12-14-16-18-20-22-24-26-28-34(38)32-37(30-31-40-41(6,7)36(3,4)5)33-35(39)29-27-25-23-21-19-17-15-13-11-9-2/h34-35,38-39H,8-33H2,1-7H3. The molecule has 0 spiro atoms. The molecule has 0 rings (SSSR count). The topological polar surface area (TPSA) is 52.9 Å². The molecule has 0 aliphatic rings. The molecular formula is C36H77NO3Si. The molecular weight excluding hydrogens is 522 g/mol. The van der Waals surface area contributed by atoms with Gasteiger partial charge in [-0.25, -0.2) is 0 Å². The van der Waals surface area contributed by atoms with Crippen molar-refractivity contribution in [3.8, 4) is 0 Å². The van der Waals surface area contributed by atoms with Gasteiger partial charge in [-0.15, -0.1) is 0 Å². The number of rotatable bonds is 30. The average Bonchev–Trinajstić information content (AvgIpc) is 2.90. The van der Waals surface area contributed by atoms with E-state index in [0.29, 0.717) is 19.7 Å². The molecule has 0 radical (unpaired) electrons. The first kappa shape index (κ1) is 41.1. The zero-order chi connectivity index (χ0) is 30.8. The molecule has 41 heavy (non-hydrogen) atoms. The van der Waals surface area contributed by atoms with Gasteiger partial charge >= 0.3 is 0 Å². The number of nitrogens with zero attached hydrogens (tertiary/aromatic N) is 1. The van der Waals surface area contributed by atoms with Gasteiger partial charge in [0, 0.05) is 26.2 Å². The van der Waals surface area contributed by atoms with Crippen LogP contribution in [0.5, 0.6) is 0 Å². The first-order valence-corrected chi connectivity index (χ1v) is 21.2.